The van der Waals surface area contributed by atoms with E-state index in [2.05, 4.69) is 39.0 Å². The van der Waals surface area contributed by atoms with Gasteiger partial charge in [0, 0.05) is 31.7 Å². The van der Waals surface area contributed by atoms with Gasteiger partial charge in [-0.05, 0) is 61.8 Å². The van der Waals surface area contributed by atoms with Gasteiger partial charge in [-0.3, -0.25) is 9.59 Å². The highest BCUT2D eigenvalue weighted by atomic mass is 35.5. The number of nitrogens with zero attached hydrogens (tertiary/aromatic N) is 5. The lowest BCUT2D eigenvalue weighted by Gasteiger charge is -2.22. The first-order valence-corrected chi connectivity index (χ1v) is 13.3. The van der Waals surface area contributed by atoms with Gasteiger partial charge in [0.25, 0.3) is 5.91 Å². The van der Waals surface area contributed by atoms with E-state index in [0.717, 1.165) is 42.3 Å². The van der Waals surface area contributed by atoms with Gasteiger partial charge in [0.05, 0.1) is 34.9 Å². The van der Waals surface area contributed by atoms with Crippen LogP contribution in [0.5, 0.6) is 0 Å². The SMILES string of the molecule is C=CC(=O)N1C[C@@H](n2nc(C#Cc3cc4nnc5c(c4cc3Cl)CCCC5)c(C(N)=O)c2NC)C[C@@H]1COC. The highest BCUT2D eigenvalue weighted by molar-refractivity contribution is 6.32. The van der Waals surface area contributed by atoms with E-state index in [1.54, 1.807) is 23.7 Å². The zero-order chi connectivity index (χ0) is 27.7. The molecule has 2 atom stereocenters. The first-order chi connectivity index (χ1) is 18.9. The van der Waals surface area contributed by atoms with Gasteiger partial charge < -0.3 is 20.7 Å². The molecule has 10 nitrogen and oxygen atoms in total. The number of methoxy groups -OCH3 is 1. The van der Waals surface area contributed by atoms with Crippen molar-refractivity contribution >= 4 is 40.1 Å². The summed E-state index contributed by atoms with van der Waals surface area (Å²) in [6, 6.07) is 3.33. The zero-order valence-corrected chi connectivity index (χ0v) is 22.7. The Balaban J connectivity index is 1.53. The van der Waals surface area contributed by atoms with Gasteiger partial charge in [-0.25, -0.2) is 4.68 Å². The standard InChI is InChI=1S/C28H30ClN7O3/c1-4-25(37)35-14-17(12-18(35)15-39-3)36-28(31-2)26(27(30)38)23(34-36)10-9-16-11-24-20(13-21(16)29)19-7-5-6-8-22(19)32-33-24/h4,11,13,17-18,31H,1,5-8,12,14-15H2,2-3H3,(H2,30,38)/t17-,18+/m0/s1. The van der Waals surface area contributed by atoms with Gasteiger partial charge in [0.15, 0.2) is 5.69 Å². The number of benzene rings is 1. The van der Waals surface area contributed by atoms with Crippen molar-refractivity contribution in [2.24, 2.45) is 5.73 Å². The van der Waals surface area contributed by atoms with Crippen LogP contribution in [0.25, 0.3) is 10.9 Å². The molecular formula is C28H30ClN7O3. The number of rotatable bonds is 6. The molecule has 2 aliphatic rings. The molecule has 1 fully saturated rings. The number of nitrogens with two attached hydrogens (primary N) is 1. The predicted molar refractivity (Wildman–Crippen MR) is 149 cm³/mol. The number of primary amides is 1. The number of aromatic nitrogens is 4. The van der Waals surface area contributed by atoms with Crippen LogP contribution in [0.4, 0.5) is 5.82 Å². The van der Waals surface area contributed by atoms with E-state index in [1.165, 1.54) is 11.6 Å². The van der Waals surface area contributed by atoms with E-state index in [4.69, 9.17) is 22.1 Å². The van der Waals surface area contributed by atoms with Crippen LogP contribution in [0.15, 0.2) is 24.8 Å². The Morgan fingerprint density at radius 3 is 2.79 bits per heavy atom. The molecule has 0 radical (unpaired) electrons. The van der Waals surface area contributed by atoms with Crippen molar-refractivity contribution in [2.45, 2.75) is 44.2 Å². The summed E-state index contributed by atoms with van der Waals surface area (Å²) in [4.78, 5) is 26.7. The molecule has 1 aromatic carbocycles. The Morgan fingerprint density at radius 2 is 2.08 bits per heavy atom. The van der Waals surface area contributed by atoms with Crippen molar-refractivity contribution < 1.29 is 14.3 Å². The van der Waals surface area contributed by atoms with Crippen LogP contribution in [0.1, 0.15) is 58.2 Å². The second-order valence-corrected chi connectivity index (χ2v) is 10.2. The van der Waals surface area contributed by atoms with E-state index in [9.17, 15) is 9.59 Å². The highest BCUT2D eigenvalue weighted by Gasteiger charge is 2.37. The van der Waals surface area contributed by atoms with Gasteiger partial charge >= 0.3 is 0 Å². The number of anilines is 1. The number of carbonyl (C=O) groups excluding carboxylic acids is 2. The maximum Gasteiger partial charge on any atom is 0.255 e. The number of likely N-dealkylation sites (tertiary alicyclic amines) is 1. The highest BCUT2D eigenvalue weighted by Crippen LogP contribution is 2.33. The summed E-state index contributed by atoms with van der Waals surface area (Å²) >= 11 is 6.65. The molecule has 0 bridgehead atoms. The van der Waals surface area contributed by atoms with E-state index in [0.29, 0.717) is 36.0 Å². The number of hydrogen-bond donors (Lipinski definition) is 2. The molecule has 5 rings (SSSR count). The van der Waals surface area contributed by atoms with Crippen molar-refractivity contribution in [3.8, 4) is 11.8 Å². The zero-order valence-electron chi connectivity index (χ0n) is 22.0. The second kappa shape index (κ2) is 11.0. The fourth-order valence-electron chi connectivity index (χ4n) is 5.58. The van der Waals surface area contributed by atoms with Crippen LogP contribution in [-0.4, -0.2) is 70.0 Å². The topological polar surface area (TPSA) is 128 Å². The molecule has 0 saturated carbocycles. The summed E-state index contributed by atoms with van der Waals surface area (Å²) in [5, 5.41) is 18.0. The normalized spacial score (nSPS) is 18.4. The molecule has 1 aliphatic heterocycles. The molecule has 2 amide bonds. The van der Waals surface area contributed by atoms with Crippen LogP contribution in [0.2, 0.25) is 5.02 Å². The van der Waals surface area contributed by atoms with E-state index < -0.39 is 5.91 Å². The Hall–Kier alpha value is -3.94. The van der Waals surface area contributed by atoms with Gasteiger partial charge in [0.2, 0.25) is 5.91 Å². The summed E-state index contributed by atoms with van der Waals surface area (Å²) in [6.45, 7) is 4.35. The summed E-state index contributed by atoms with van der Waals surface area (Å²) in [5.74, 6) is 5.64. The largest absolute Gasteiger partial charge is 0.383 e. The third kappa shape index (κ3) is 4.95. The van der Waals surface area contributed by atoms with E-state index in [1.807, 2.05) is 12.1 Å². The minimum atomic E-state index is -0.664. The van der Waals surface area contributed by atoms with Crippen molar-refractivity contribution in [3.05, 3.63) is 57.9 Å². The Bertz CT molecular complexity index is 1540. The van der Waals surface area contributed by atoms with E-state index >= 15 is 0 Å². The van der Waals surface area contributed by atoms with Crippen molar-refractivity contribution in [1.82, 2.24) is 24.9 Å². The number of fused-ring (bicyclic) bond motifs is 3. The number of nitrogens with one attached hydrogen (secondary N) is 1. The molecular weight excluding hydrogens is 518 g/mol. The van der Waals surface area contributed by atoms with Crippen LogP contribution < -0.4 is 11.1 Å². The fraction of sp³-hybridized carbons (Fsp3) is 0.393. The first kappa shape index (κ1) is 26.7. The van der Waals surface area contributed by atoms with Gasteiger partial charge in [-0.1, -0.05) is 24.1 Å². The van der Waals surface area contributed by atoms with Crippen molar-refractivity contribution in [2.75, 3.05) is 32.6 Å². The van der Waals surface area contributed by atoms with E-state index in [-0.39, 0.29) is 29.2 Å². The minimum Gasteiger partial charge on any atom is -0.383 e. The molecule has 2 aromatic heterocycles. The third-order valence-electron chi connectivity index (χ3n) is 7.39. The molecule has 202 valence electrons. The molecule has 0 spiro atoms. The first-order valence-electron chi connectivity index (χ1n) is 12.9. The Kier molecular flexibility index (Phi) is 7.55. The second-order valence-electron chi connectivity index (χ2n) is 9.76. The third-order valence-corrected chi connectivity index (χ3v) is 7.70. The van der Waals surface area contributed by atoms with Gasteiger partial charge in [-0.2, -0.15) is 15.3 Å². The average Bonchev–Trinajstić information content (AvgIpc) is 3.53. The minimum absolute atomic E-state index is 0.158. The maximum absolute atomic E-state index is 12.5. The van der Waals surface area contributed by atoms with Gasteiger partial charge in [-0.15, -0.1) is 0 Å². The fourth-order valence-corrected chi connectivity index (χ4v) is 5.79. The molecule has 3 heterocycles. The number of aryl methyl sites for hydroxylation is 2. The summed E-state index contributed by atoms with van der Waals surface area (Å²) in [7, 11) is 3.28. The van der Waals surface area contributed by atoms with Crippen LogP contribution in [0, 0.1) is 11.8 Å². The number of amides is 2. The lowest BCUT2D eigenvalue weighted by Crippen LogP contribution is -2.37. The number of halogens is 1. The summed E-state index contributed by atoms with van der Waals surface area (Å²) < 4.78 is 7.01. The average molecular weight is 548 g/mol. The molecule has 3 N–H and O–H groups in total. The van der Waals surface area contributed by atoms with Crippen molar-refractivity contribution in [1.29, 1.82) is 0 Å². The summed E-state index contributed by atoms with van der Waals surface area (Å²) in [6.07, 6.45) is 5.98. The summed E-state index contributed by atoms with van der Waals surface area (Å²) in [5.41, 5.74) is 9.68. The Labute approximate surface area is 231 Å². The molecule has 39 heavy (non-hydrogen) atoms. The molecule has 1 aliphatic carbocycles. The van der Waals surface area contributed by atoms with Crippen LogP contribution >= 0.6 is 11.6 Å². The Morgan fingerprint density at radius 1 is 1.28 bits per heavy atom. The van der Waals surface area contributed by atoms with Crippen LogP contribution in [0.3, 0.4) is 0 Å². The van der Waals surface area contributed by atoms with Crippen molar-refractivity contribution in [3.63, 3.8) is 0 Å². The lowest BCUT2D eigenvalue weighted by atomic mass is 9.93. The smallest absolute Gasteiger partial charge is 0.255 e. The monoisotopic (exact) mass is 547 g/mol. The number of ether oxygens (including phenoxy) is 1. The molecule has 1 saturated heterocycles. The maximum atomic E-state index is 12.5. The lowest BCUT2D eigenvalue weighted by molar-refractivity contribution is -0.127. The number of carbonyl (C=O) groups is 2. The molecule has 0 unspecified atom stereocenters. The quantitative estimate of drug-likeness (QED) is 0.358. The molecule has 11 heteroatoms. The van der Waals surface area contributed by atoms with Crippen LogP contribution in [-0.2, 0) is 22.4 Å². The predicted octanol–water partition coefficient (Wildman–Crippen LogP) is 2.87. The van der Waals surface area contributed by atoms with Gasteiger partial charge in [0.1, 0.15) is 11.4 Å². The molecule has 3 aromatic rings. The number of hydrogen-bond acceptors (Lipinski definition) is 7.